The maximum atomic E-state index is 12.3. The first-order chi connectivity index (χ1) is 9.51. The normalized spacial score (nSPS) is 19.1. The van der Waals surface area contributed by atoms with E-state index in [0.717, 1.165) is 18.2 Å². The van der Waals surface area contributed by atoms with Crippen LogP contribution in [0, 0.1) is 5.41 Å². The van der Waals surface area contributed by atoms with Crippen LogP contribution in [0.2, 0.25) is 0 Å². The Morgan fingerprint density at radius 1 is 1.40 bits per heavy atom. The lowest BCUT2D eigenvalue weighted by Gasteiger charge is -2.35. The third-order valence-corrected chi connectivity index (χ3v) is 6.56. The van der Waals surface area contributed by atoms with E-state index in [-0.39, 0.29) is 10.4 Å². The van der Waals surface area contributed by atoms with Crippen molar-refractivity contribution in [3.05, 3.63) is 12.5 Å². The number of aryl methyl sites for hydroxylation is 1. The summed E-state index contributed by atoms with van der Waals surface area (Å²) >= 11 is 3.55. The summed E-state index contributed by atoms with van der Waals surface area (Å²) in [5.74, 6) is 0. The molecule has 0 aromatic carbocycles. The third-order valence-electron chi connectivity index (χ3n) is 4.08. The highest BCUT2D eigenvalue weighted by Crippen LogP contribution is 2.37. The first-order valence-corrected chi connectivity index (χ1v) is 9.69. The van der Waals surface area contributed by atoms with Gasteiger partial charge in [0, 0.05) is 24.6 Å². The van der Waals surface area contributed by atoms with Crippen molar-refractivity contribution in [1.82, 2.24) is 14.3 Å². The maximum absolute atomic E-state index is 12.3. The predicted octanol–water partition coefficient (Wildman–Crippen LogP) is 2.53. The number of imidazole rings is 1. The van der Waals surface area contributed by atoms with Gasteiger partial charge in [-0.1, -0.05) is 35.2 Å². The van der Waals surface area contributed by atoms with E-state index in [2.05, 4.69) is 25.6 Å². The van der Waals surface area contributed by atoms with Gasteiger partial charge < -0.3 is 4.57 Å². The molecule has 1 saturated carbocycles. The highest BCUT2D eigenvalue weighted by atomic mass is 79.9. The molecular weight excluding hydrogens is 342 g/mol. The minimum atomic E-state index is -3.50. The van der Waals surface area contributed by atoms with Crippen molar-refractivity contribution in [2.75, 3.05) is 11.9 Å². The zero-order chi connectivity index (χ0) is 14.6. The molecule has 7 heteroatoms. The van der Waals surface area contributed by atoms with Crippen molar-refractivity contribution in [1.29, 1.82) is 0 Å². The van der Waals surface area contributed by atoms with Crippen LogP contribution in [0.3, 0.4) is 0 Å². The molecule has 1 aliphatic rings. The molecule has 0 bridgehead atoms. The number of sulfonamides is 1. The van der Waals surface area contributed by atoms with E-state index in [1.54, 1.807) is 17.1 Å². The average Bonchev–Trinajstić information content (AvgIpc) is 2.96. The van der Waals surface area contributed by atoms with Crippen molar-refractivity contribution in [3.63, 3.8) is 0 Å². The molecule has 114 valence electrons. The van der Waals surface area contributed by atoms with E-state index in [0.29, 0.717) is 13.1 Å². The van der Waals surface area contributed by atoms with Crippen LogP contribution in [0.4, 0.5) is 0 Å². The van der Waals surface area contributed by atoms with Gasteiger partial charge in [0.05, 0.1) is 6.33 Å². The number of hydrogen-bond acceptors (Lipinski definition) is 3. The Balaban J connectivity index is 2.04. The van der Waals surface area contributed by atoms with Gasteiger partial charge in [0.2, 0.25) is 0 Å². The van der Waals surface area contributed by atoms with Crippen LogP contribution in [0.15, 0.2) is 17.6 Å². The highest BCUT2D eigenvalue weighted by Gasteiger charge is 2.32. The molecule has 20 heavy (non-hydrogen) atoms. The summed E-state index contributed by atoms with van der Waals surface area (Å²) in [4.78, 5) is 3.97. The summed E-state index contributed by atoms with van der Waals surface area (Å²) in [5.41, 5.74) is 0.0542. The first-order valence-electron chi connectivity index (χ1n) is 7.09. The van der Waals surface area contributed by atoms with Crippen LogP contribution in [0.25, 0.3) is 0 Å². The van der Waals surface area contributed by atoms with E-state index in [4.69, 9.17) is 0 Å². The van der Waals surface area contributed by atoms with Gasteiger partial charge in [-0.15, -0.1) is 0 Å². The van der Waals surface area contributed by atoms with Crippen molar-refractivity contribution in [3.8, 4) is 0 Å². The summed E-state index contributed by atoms with van der Waals surface area (Å²) < 4.78 is 29.0. The van der Waals surface area contributed by atoms with Crippen molar-refractivity contribution < 1.29 is 8.42 Å². The summed E-state index contributed by atoms with van der Waals surface area (Å²) in [6.45, 7) is 3.15. The number of alkyl halides is 1. The Morgan fingerprint density at radius 2 is 2.10 bits per heavy atom. The minimum absolute atomic E-state index is 0.0542. The third kappa shape index (κ3) is 3.62. The topological polar surface area (TPSA) is 64.0 Å². The van der Waals surface area contributed by atoms with Crippen LogP contribution < -0.4 is 4.72 Å². The van der Waals surface area contributed by atoms with Gasteiger partial charge in [-0.25, -0.2) is 18.1 Å². The molecule has 0 saturated heterocycles. The monoisotopic (exact) mass is 363 g/mol. The van der Waals surface area contributed by atoms with E-state index in [9.17, 15) is 8.42 Å². The molecule has 0 spiro atoms. The second kappa shape index (κ2) is 6.58. The van der Waals surface area contributed by atoms with Crippen LogP contribution in [0.1, 0.15) is 39.0 Å². The van der Waals surface area contributed by atoms with Gasteiger partial charge in [-0.3, -0.25) is 0 Å². The quantitative estimate of drug-likeness (QED) is 0.789. The van der Waals surface area contributed by atoms with Crippen LogP contribution >= 0.6 is 15.9 Å². The number of nitrogens with zero attached hydrogens (tertiary/aromatic N) is 2. The van der Waals surface area contributed by atoms with Gasteiger partial charge in [0.25, 0.3) is 10.0 Å². The fraction of sp³-hybridized carbons (Fsp3) is 0.769. The lowest BCUT2D eigenvalue weighted by atomic mass is 9.76. The van der Waals surface area contributed by atoms with E-state index in [1.165, 1.54) is 19.3 Å². The summed E-state index contributed by atoms with van der Waals surface area (Å²) in [6, 6.07) is 0. The molecule has 2 rings (SSSR count). The molecule has 0 radical (unpaired) electrons. The zero-order valence-corrected chi connectivity index (χ0v) is 14.2. The predicted molar refractivity (Wildman–Crippen MR) is 82.4 cm³/mol. The minimum Gasteiger partial charge on any atom is -0.336 e. The molecule has 0 atom stereocenters. The first kappa shape index (κ1) is 16.0. The summed E-state index contributed by atoms with van der Waals surface area (Å²) in [6.07, 6.45) is 8.88. The van der Waals surface area contributed by atoms with Gasteiger partial charge >= 0.3 is 0 Å². The Bertz CT molecular complexity index is 536. The smallest absolute Gasteiger partial charge is 0.259 e. The Kier molecular flexibility index (Phi) is 5.25. The standard InChI is InChI=1S/C13H22BrN3O2S/c1-2-17-8-12(15-11-17)20(18,19)16-10-13(9-14)6-4-3-5-7-13/h8,11,16H,2-7,9-10H2,1H3. The van der Waals surface area contributed by atoms with E-state index in [1.807, 2.05) is 6.92 Å². The number of nitrogens with one attached hydrogen (secondary N) is 1. The highest BCUT2D eigenvalue weighted by molar-refractivity contribution is 9.09. The van der Waals surface area contributed by atoms with E-state index >= 15 is 0 Å². The lowest BCUT2D eigenvalue weighted by molar-refractivity contribution is 0.227. The molecule has 1 heterocycles. The fourth-order valence-corrected chi connectivity index (χ4v) is 4.50. The van der Waals surface area contributed by atoms with Crippen molar-refractivity contribution in [2.24, 2.45) is 5.41 Å². The molecule has 0 amide bonds. The van der Waals surface area contributed by atoms with Crippen molar-refractivity contribution >= 4 is 26.0 Å². The Morgan fingerprint density at radius 3 is 2.65 bits per heavy atom. The van der Waals surface area contributed by atoms with Gasteiger partial charge in [-0.2, -0.15) is 0 Å². The summed E-state index contributed by atoms with van der Waals surface area (Å²) in [5, 5.41) is 0.950. The average molecular weight is 364 g/mol. The number of aromatic nitrogens is 2. The second-order valence-electron chi connectivity index (χ2n) is 5.56. The largest absolute Gasteiger partial charge is 0.336 e. The molecular formula is C13H22BrN3O2S. The fourth-order valence-electron chi connectivity index (χ4n) is 2.63. The van der Waals surface area contributed by atoms with Gasteiger partial charge in [0.1, 0.15) is 0 Å². The molecule has 0 unspecified atom stereocenters. The molecule has 1 aliphatic carbocycles. The Labute approximate surface area is 129 Å². The molecule has 5 nitrogen and oxygen atoms in total. The number of hydrogen-bond donors (Lipinski definition) is 1. The van der Waals surface area contributed by atoms with Crippen molar-refractivity contribution in [2.45, 2.75) is 50.6 Å². The second-order valence-corrected chi connectivity index (χ2v) is 7.84. The van der Waals surface area contributed by atoms with Crippen LogP contribution in [0.5, 0.6) is 0 Å². The molecule has 1 fully saturated rings. The van der Waals surface area contributed by atoms with E-state index < -0.39 is 10.0 Å². The lowest BCUT2D eigenvalue weighted by Crippen LogP contribution is -2.40. The maximum Gasteiger partial charge on any atom is 0.259 e. The number of rotatable bonds is 6. The van der Waals surface area contributed by atoms with Gasteiger partial charge in [0.15, 0.2) is 5.03 Å². The molecule has 1 aromatic heterocycles. The number of halogens is 1. The zero-order valence-electron chi connectivity index (χ0n) is 11.8. The molecule has 1 aromatic rings. The molecule has 0 aliphatic heterocycles. The van der Waals surface area contributed by atoms with Gasteiger partial charge in [-0.05, 0) is 25.2 Å². The molecule has 1 N–H and O–H groups in total. The summed E-state index contributed by atoms with van der Waals surface area (Å²) in [7, 11) is -3.50. The Hall–Kier alpha value is -0.400. The van der Waals surface area contributed by atoms with Crippen LogP contribution in [-0.2, 0) is 16.6 Å². The SMILES string of the molecule is CCn1cnc(S(=O)(=O)NCC2(CBr)CCCCC2)c1. The van der Waals surface area contributed by atoms with Crippen LogP contribution in [-0.4, -0.2) is 29.8 Å².